The third kappa shape index (κ3) is 2.22. The molecule has 0 amide bonds. The Bertz CT molecular complexity index is 494. The Morgan fingerprint density at radius 2 is 1.88 bits per heavy atom. The molecular formula is C14H14OS. The van der Waals surface area contributed by atoms with Crippen LogP contribution < -0.4 is 0 Å². The minimum atomic E-state index is 0.118. The Morgan fingerprint density at radius 1 is 1.19 bits per heavy atom. The zero-order valence-electron chi connectivity index (χ0n) is 9.49. The van der Waals surface area contributed by atoms with Crippen LogP contribution in [0.2, 0.25) is 0 Å². The van der Waals surface area contributed by atoms with Gasteiger partial charge in [-0.3, -0.25) is 4.79 Å². The van der Waals surface area contributed by atoms with E-state index in [1.165, 1.54) is 10.4 Å². The summed E-state index contributed by atoms with van der Waals surface area (Å²) >= 11 is 1.61. The van der Waals surface area contributed by atoms with Crippen LogP contribution in [0.4, 0.5) is 0 Å². The first kappa shape index (κ1) is 11.1. The van der Waals surface area contributed by atoms with Crippen LogP contribution in [0.5, 0.6) is 0 Å². The Balaban J connectivity index is 2.27. The zero-order chi connectivity index (χ0) is 11.5. The lowest BCUT2D eigenvalue weighted by Gasteiger charge is -2.00. The molecule has 0 aliphatic rings. The van der Waals surface area contributed by atoms with Crippen molar-refractivity contribution in [2.24, 2.45) is 0 Å². The lowest BCUT2D eigenvalue weighted by Crippen LogP contribution is -1.99. The zero-order valence-corrected chi connectivity index (χ0v) is 10.3. The van der Waals surface area contributed by atoms with E-state index in [1.807, 2.05) is 42.6 Å². The highest BCUT2D eigenvalue weighted by Crippen LogP contribution is 2.17. The second kappa shape index (κ2) is 4.62. The van der Waals surface area contributed by atoms with Crippen molar-refractivity contribution in [2.75, 3.05) is 0 Å². The molecule has 0 aliphatic heterocycles. The fourth-order valence-corrected chi connectivity index (χ4v) is 2.30. The predicted octanol–water partition coefficient (Wildman–Crippen LogP) is 3.85. The molecule has 0 N–H and O–H groups in total. The molecule has 1 nitrogen and oxygen atoms in total. The average Bonchev–Trinajstić information content (AvgIpc) is 2.75. The van der Waals surface area contributed by atoms with Gasteiger partial charge in [-0.15, -0.1) is 11.3 Å². The van der Waals surface area contributed by atoms with E-state index in [2.05, 4.69) is 6.92 Å². The van der Waals surface area contributed by atoms with Crippen LogP contribution in [0.1, 0.15) is 33.3 Å². The molecule has 0 bridgehead atoms. The maximum atomic E-state index is 12.1. The van der Waals surface area contributed by atoms with Crippen LogP contribution in [0.3, 0.4) is 0 Å². The highest BCUT2D eigenvalue weighted by molar-refractivity contribution is 7.10. The van der Waals surface area contributed by atoms with Crippen LogP contribution in [-0.2, 0) is 6.42 Å². The van der Waals surface area contributed by atoms with Gasteiger partial charge in [0.15, 0.2) is 5.78 Å². The van der Waals surface area contributed by atoms with E-state index in [0.717, 1.165) is 17.5 Å². The van der Waals surface area contributed by atoms with Gasteiger partial charge in [0.2, 0.25) is 0 Å². The van der Waals surface area contributed by atoms with Gasteiger partial charge in [0.1, 0.15) is 0 Å². The number of aryl methyl sites for hydroxylation is 2. The normalized spacial score (nSPS) is 10.4. The summed E-state index contributed by atoms with van der Waals surface area (Å²) in [5.41, 5.74) is 2.83. The van der Waals surface area contributed by atoms with Crippen molar-refractivity contribution in [3.63, 3.8) is 0 Å². The summed E-state index contributed by atoms with van der Waals surface area (Å²) in [6.07, 6.45) is 1.01. The number of hydrogen-bond donors (Lipinski definition) is 0. The van der Waals surface area contributed by atoms with Crippen LogP contribution in [0.15, 0.2) is 35.7 Å². The Labute approximate surface area is 99.8 Å². The highest BCUT2D eigenvalue weighted by Gasteiger charge is 2.09. The highest BCUT2D eigenvalue weighted by atomic mass is 32.1. The fourth-order valence-electron chi connectivity index (χ4n) is 1.62. The van der Waals surface area contributed by atoms with Gasteiger partial charge in [-0.25, -0.2) is 0 Å². The van der Waals surface area contributed by atoms with Crippen molar-refractivity contribution >= 4 is 17.1 Å². The molecule has 82 valence electrons. The van der Waals surface area contributed by atoms with Crippen molar-refractivity contribution in [1.29, 1.82) is 0 Å². The van der Waals surface area contributed by atoms with Gasteiger partial charge >= 0.3 is 0 Å². The van der Waals surface area contributed by atoms with E-state index in [4.69, 9.17) is 0 Å². The molecule has 0 atom stereocenters. The number of carbonyl (C=O) groups is 1. The second-order valence-electron chi connectivity index (χ2n) is 3.83. The molecule has 0 saturated carbocycles. The van der Waals surface area contributed by atoms with E-state index >= 15 is 0 Å². The molecule has 0 spiro atoms. The number of thiophene rings is 1. The molecule has 2 heteroatoms. The van der Waals surface area contributed by atoms with Gasteiger partial charge in [-0.2, -0.15) is 0 Å². The van der Waals surface area contributed by atoms with E-state index in [-0.39, 0.29) is 5.78 Å². The number of carbonyl (C=O) groups excluding carboxylic acids is 1. The molecule has 1 aromatic heterocycles. The van der Waals surface area contributed by atoms with Gasteiger partial charge in [0.25, 0.3) is 0 Å². The molecule has 16 heavy (non-hydrogen) atoms. The number of rotatable bonds is 3. The third-order valence-corrected chi connectivity index (χ3v) is 3.48. The fraction of sp³-hybridized carbons (Fsp3) is 0.214. The predicted molar refractivity (Wildman–Crippen MR) is 68.3 cm³/mol. The summed E-state index contributed by atoms with van der Waals surface area (Å²) < 4.78 is 0. The van der Waals surface area contributed by atoms with Crippen LogP contribution in [0.25, 0.3) is 0 Å². The molecule has 0 radical (unpaired) electrons. The van der Waals surface area contributed by atoms with Crippen LogP contribution in [0, 0.1) is 6.92 Å². The Kier molecular flexibility index (Phi) is 3.20. The van der Waals surface area contributed by atoms with Crippen molar-refractivity contribution < 1.29 is 4.79 Å². The lowest BCUT2D eigenvalue weighted by molar-refractivity contribution is 0.103. The van der Waals surface area contributed by atoms with E-state index in [1.54, 1.807) is 11.3 Å². The molecule has 0 fully saturated rings. The summed E-state index contributed by atoms with van der Waals surface area (Å²) in [5.74, 6) is 0.118. The molecule has 2 aromatic rings. The molecule has 2 rings (SSSR count). The van der Waals surface area contributed by atoms with Crippen molar-refractivity contribution in [3.05, 3.63) is 57.3 Å². The monoisotopic (exact) mass is 230 g/mol. The SMILES string of the molecule is CCc1ccc(C(=O)c2csc(C)c2)cc1. The lowest BCUT2D eigenvalue weighted by atomic mass is 10.0. The van der Waals surface area contributed by atoms with Gasteiger partial charge < -0.3 is 0 Å². The summed E-state index contributed by atoms with van der Waals surface area (Å²) in [6, 6.07) is 9.81. The molecular weight excluding hydrogens is 216 g/mol. The van der Waals surface area contributed by atoms with Crippen molar-refractivity contribution in [3.8, 4) is 0 Å². The third-order valence-electron chi connectivity index (χ3n) is 2.62. The summed E-state index contributed by atoms with van der Waals surface area (Å²) in [7, 11) is 0. The topological polar surface area (TPSA) is 17.1 Å². The average molecular weight is 230 g/mol. The smallest absolute Gasteiger partial charge is 0.193 e. The van der Waals surface area contributed by atoms with Gasteiger partial charge in [-0.05, 0) is 25.0 Å². The number of hydrogen-bond acceptors (Lipinski definition) is 2. The van der Waals surface area contributed by atoms with Gasteiger partial charge in [-0.1, -0.05) is 31.2 Å². The van der Waals surface area contributed by atoms with E-state index in [9.17, 15) is 4.79 Å². The van der Waals surface area contributed by atoms with E-state index < -0.39 is 0 Å². The Hall–Kier alpha value is -1.41. The van der Waals surface area contributed by atoms with Gasteiger partial charge in [0, 0.05) is 21.4 Å². The first-order valence-electron chi connectivity index (χ1n) is 5.39. The van der Waals surface area contributed by atoms with Crippen molar-refractivity contribution in [1.82, 2.24) is 0 Å². The van der Waals surface area contributed by atoms with Gasteiger partial charge in [0.05, 0.1) is 0 Å². The molecule has 0 unspecified atom stereocenters. The minimum Gasteiger partial charge on any atom is -0.289 e. The first-order valence-corrected chi connectivity index (χ1v) is 6.27. The number of ketones is 1. The molecule has 0 aliphatic carbocycles. The minimum absolute atomic E-state index is 0.118. The number of benzene rings is 1. The molecule has 0 saturated heterocycles. The standard InChI is InChI=1S/C14H14OS/c1-3-11-4-6-12(7-5-11)14(15)13-8-10(2)16-9-13/h4-9H,3H2,1-2H3. The quantitative estimate of drug-likeness (QED) is 0.732. The Morgan fingerprint density at radius 3 is 2.38 bits per heavy atom. The maximum absolute atomic E-state index is 12.1. The van der Waals surface area contributed by atoms with Crippen LogP contribution in [-0.4, -0.2) is 5.78 Å². The molecule has 1 heterocycles. The van der Waals surface area contributed by atoms with E-state index in [0.29, 0.717) is 0 Å². The molecule has 1 aromatic carbocycles. The largest absolute Gasteiger partial charge is 0.289 e. The second-order valence-corrected chi connectivity index (χ2v) is 4.94. The summed E-state index contributed by atoms with van der Waals surface area (Å²) in [5, 5.41) is 1.92. The van der Waals surface area contributed by atoms with Crippen molar-refractivity contribution in [2.45, 2.75) is 20.3 Å². The maximum Gasteiger partial charge on any atom is 0.193 e. The summed E-state index contributed by atoms with van der Waals surface area (Å²) in [4.78, 5) is 13.2. The first-order chi connectivity index (χ1) is 7.70. The summed E-state index contributed by atoms with van der Waals surface area (Å²) in [6.45, 7) is 4.13. The van der Waals surface area contributed by atoms with Crippen LogP contribution >= 0.6 is 11.3 Å².